The molecular formula is C16H30N2O2. The van der Waals surface area contributed by atoms with Crippen LogP contribution < -0.4 is 5.32 Å². The third-order valence-electron chi connectivity index (χ3n) is 5.75. The van der Waals surface area contributed by atoms with Crippen LogP contribution in [0, 0.1) is 11.3 Å². The molecular weight excluding hydrogens is 252 g/mol. The van der Waals surface area contributed by atoms with Crippen molar-refractivity contribution in [3.8, 4) is 0 Å². The van der Waals surface area contributed by atoms with E-state index in [4.69, 9.17) is 0 Å². The summed E-state index contributed by atoms with van der Waals surface area (Å²) in [6.07, 6.45) is 6.06. The van der Waals surface area contributed by atoms with Gasteiger partial charge in [-0.1, -0.05) is 27.2 Å². The summed E-state index contributed by atoms with van der Waals surface area (Å²) >= 11 is 0. The number of carboxylic acid groups (broad SMARTS) is 1. The lowest BCUT2D eigenvalue weighted by Crippen LogP contribution is -2.59. The Kier molecular flexibility index (Phi) is 5.08. The fourth-order valence-corrected chi connectivity index (χ4v) is 3.86. The average molecular weight is 282 g/mol. The van der Waals surface area contributed by atoms with Gasteiger partial charge in [0.25, 0.3) is 0 Å². The molecule has 1 aliphatic carbocycles. The van der Waals surface area contributed by atoms with E-state index in [2.05, 4.69) is 31.0 Å². The SMILES string of the molecule is CCC(C)(C)C1CCC(N2CCNCC2C(=O)O)CC1. The van der Waals surface area contributed by atoms with Crippen LogP contribution in [0.5, 0.6) is 0 Å². The van der Waals surface area contributed by atoms with E-state index in [1.165, 1.54) is 19.3 Å². The second kappa shape index (κ2) is 6.44. The zero-order valence-corrected chi connectivity index (χ0v) is 13.2. The summed E-state index contributed by atoms with van der Waals surface area (Å²) in [4.78, 5) is 13.6. The molecule has 116 valence electrons. The molecule has 4 nitrogen and oxygen atoms in total. The summed E-state index contributed by atoms with van der Waals surface area (Å²) in [5, 5.41) is 12.6. The van der Waals surface area contributed by atoms with Crippen LogP contribution in [0.1, 0.15) is 52.9 Å². The van der Waals surface area contributed by atoms with Crippen LogP contribution in [0.4, 0.5) is 0 Å². The van der Waals surface area contributed by atoms with Crippen molar-refractivity contribution >= 4 is 5.97 Å². The van der Waals surface area contributed by atoms with E-state index in [0.717, 1.165) is 31.8 Å². The van der Waals surface area contributed by atoms with Crippen LogP contribution in [0.2, 0.25) is 0 Å². The van der Waals surface area contributed by atoms with Crippen molar-refractivity contribution in [3.05, 3.63) is 0 Å². The number of nitrogens with zero attached hydrogens (tertiary/aromatic N) is 1. The molecule has 2 N–H and O–H groups in total. The molecule has 20 heavy (non-hydrogen) atoms. The van der Waals surface area contributed by atoms with Crippen LogP contribution in [0.15, 0.2) is 0 Å². The average Bonchev–Trinajstić information content (AvgIpc) is 2.47. The summed E-state index contributed by atoms with van der Waals surface area (Å²) in [6.45, 7) is 9.43. The Hall–Kier alpha value is -0.610. The number of rotatable bonds is 4. The highest BCUT2D eigenvalue weighted by molar-refractivity contribution is 5.74. The fraction of sp³-hybridized carbons (Fsp3) is 0.938. The summed E-state index contributed by atoms with van der Waals surface area (Å²) in [7, 11) is 0. The molecule has 1 heterocycles. The lowest BCUT2D eigenvalue weighted by Gasteiger charge is -2.45. The Bertz CT molecular complexity index is 335. The van der Waals surface area contributed by atoms with Crippen molar-refractivity contribution in [1.82, 2.24) is 10.2 Å². The smallest absolute Gasteiger partial charge is 0.322 e. The van der Waals surface area contributed by atoms with Crippen molar-refractivity contribution in [2.45, 2.75) is 65.0 Å². The molecule has 0 spiro atoms. The molecule has 0 bridgehead atoms. The minimum absolute atomic E-state index is 0.329. The minimum Gasteiger partial charge on any atom is -0.480 e. The maximum absolute atomic E-state index is 11.4. The van der Waals surface area contributed by atoms with Gasteiger partial charge in [-0.25, -0.2) is 0 Å². The van der Waals surface area contributed by atoms with E-state index < -0.39 is 5.97 Å². The molecule has 1 unspecified atom stereocenters. The zero-order chi connectivity index (χ0) is 14.8. The Labute approximate surface area is 122 Å². The van der Waals surface area contributed by atoms with E-state index in [1.807, 2.05) is 0 Å². The normalized spacial score (nSPS) is 33.0. The quantitative estimate of drug-likeness (QED) is 0.831. The Morgan fingerprint density at radius 2 is 1.95 bits per heavy atom. The van der Waals surface area contributed by atoms with Gasteiger partial charge in [-0.2, -0.15) is 0 Å². The predicted molar refractivity (Wildman–Crippen MR) is 80.8 cm³/mol. The molecule has 0 amide bonds. The van der Waals surface area contributed by atoms with Crippen molar-refractivity contribution in [1.29, 1.82) is 0 Å². The van der Waals surface area contributed by atoms with Gasteiger partial charge in [0, 0.05) is 25.7 Å². The highest BCUT2D eigenvalue weighted by atomic mass is 16.4. The molecule has 0 aromatic heterocycles. The third-order valence-corrected chi connectivity index (χ3v) is 5.75. The number of piperazine rings is 1. The van der Waals surface area contributed by atoms with Crippen molar-refractivity contribution < 1.29 is 9.90 Å². The summed E-state index contributed by atoms with van der Waals surface area (Å²) in [5.41, 5.74) is 0.431. The van der Waals surface area contributed by atoms with Crippen LogP contribution >= 0.6 is 0 Å². The Balaban J connectivity index is 1.94. The third kappa shape index (κ3) is 3.34. The number of hydrogen-bond acceptors (Lipinski definition) is 3. The number of carbonyl (C=O) groups is 1. The molecule has 2 rings (SSSR count). The second-order valence-corrected chi connectivity index (χ2v) is 7.14. The van der Waals surface area contributed by atoms with Gasteiger partial charge in [-0.15, -0.1) is 0 Å². The van der Waals surface area contributed by atoms with E-state index in [1.54, 1.807) is 0 Å². The molecule has 1 saturated heterocycles. The molecule has 0 aromatic rings. The van der Waals surface area contributed by atoms with Gasteiger partial charge in [-0.05, 0) is 37.0 Å². The lowest BCUT2D eigenvalue weighted by molar-refractivity contribution is -0.145. The van der Waals surface area contributed by atoms with Crippen molar-refractivity contribution in [2.75, 3.05) is 19.6 Å². The van der Waals surface area contributed by atoms with E-state index in [0.29, 0.717) is 18.0 Å². The van der Waals surface area contributed by atoms with Crippen LogP contribution in [0.3, 0.4) is 0 Å². The Morgan fingerprint density at radius 1 is 1.30 bits per heavy atom. The maximum Gasteiger partial charge on any atom is 0.322 e. The van der Waals surface area contributed by atoms with Crippen LogP contribution in [-0.4, -0.2) is 47.7 Å². The molecule has 1 aliphatic heterocycles. The first-order valence-electron chi connectivity index (χ1n) is 8.15. The molecule has 0 radical (unpaired) electrons. The number of aliphatic carboxylic acids is 1. The lowest BCUT2D eigenvalue weighted by atomic mass is 9.68. The summed E-state index contributed by atoms with van der Waals surface area (Å²) in [5.74, 6) is 0.128. The first-order chi connectivity index (χ1) is 9.45. The molecule has 4 heteroatoms. The fourth-order valence-electron chi connectivity index (χ4n) is 3.86. The van der Waals surface area contributed by atoms with Gasteiger partial charge in [0.05, 0.1) is 0 Å². The van der Waals surface area contributed by atoms with E-state index >= 15 is 0 Å². The van der Waals surface area contributed by atoms with Gasteiger partial charge in [-0.3, -0.25) is 9.69 Å². The van der Waals surface area contributed by atoms with Gasteiger partial charge in [0.1, 0.15) is 6.04 Å². The largest absolute Gasteiger partial charge is 0.480 e. The maximum atomic E-state index is 11.4. The predicted octanol–water partition coefficient (Wildman–Crippen LogP) is 2.34. The van der Waals surface area contributed by atoms with Gasteiger partial charge in [0.15, 0.2) is 0 Å². The molecule has 0 aromatic carbocycles. The van der Waals surface area contributed by atoms with Gasteiger partial charge in [0.2, 0.25) is 0 Å². The molecule has 2 aliphatic rings. The first-order valence-corrected chi connectivity index (χ1v) is 8.15. The van der Waals surface area contributed by atoms with Crippen molar-refractivity contribution in [3.63, 3.8) is 0 Å². The van der Waals surface area contributed by atoms with E-state index in [9.17, 15) is 9.90 Å². The Morgan fingerprint density at radius 3 is 2.50 bits per heavy atom. The van der Waals surface area contributed by atoms with E-state index in [-0.39, 0.29) is 6.04 Å². The second-order valence-electron chi connectivity index (χ2n) is 7.14. The number of hydrogen-bond donors (Lipinski definition) is 2. The monoisotopic (exact) mass is 282 g/mol. The highest BCUT2D eigenvalue weighted by Gasteiger charge is 2.38. The topological polar surface area (TPSA) is 52.6 Å². The summed E-state index contributed by atoms with van der Waals surface area (Å²) in [6, 6.07) is 0.145. The van der Waals surface area contributed by atoms with Crippen molar-refractivity contribution in [2.24, 2.45) is 11.3 Å². The van der Waals surface area contributed by atoms with Crippen LogP contribution in [0.25, 0.3) is 0 Å². The van der Waals surface area contributed by atoms with Gasteiger partial charge < -0.3 is 10.4 Å². The minimum atomic E-state index is -0.673. The molecule has 1 atom stereocenters. The number of nitrogens with one attached hydrogen (secondary N) is 1. The van der Waals surface area contributed by atoms with Crippen LogP contribution in [-0.2, 0) is 4.79 Å². The number of carboxylic acids is 1. The summed E-state index contributed by atoms with van der Waals surface area (Å²) < 4.78 is 0. The molecule has 1 saturated carbocycles. The molecule has 2 fully saturated rings. The standard InChI is InChI=1S/C16H30N2O2/c1-4-16(2,3)12-5-7-13(8-6-12)18-10-9-17-11-14(18)15(19)20/h12-14,17H,4-11H2,1-3H3,(H,19,20). The first kappa shape index (κ1) is 15.8. The zero-order valence-electron chi connectivity index (χ0n) is 13.2. The highest BCUT2D eigenvalue weighted by Crippen LogP contribution is 2.41. The van der Waals surface area contributed by atoms with Gasteiger partial charge >= 0.3 is 5.97 Å².